The lowest BCUT2D eigenvalue weighted by Crippen LogP contribution is -2.36. The maximum atomic E-state index is 13.1. The van der Waals surface area contributed by atoms with Crippen LogP contribution in [0.2, 0.25) is 0 Å². The number of amides is 1. The van der Waals surface area contributed by atoms with Gasteiger partial charge in [-0.15, -0.1) is 0 Å². The zero-order valence-electron chi connectivity index (χ0n) is 18.2. The third-order valence-corrected chi connectivity index (χ3v) is 6.51. The number of nitrogens with zero attached hydrogens (tertiary/aromatic N) is 2. The fraction of sp³-hybridized carbons (Fsp3) is 0.583. The fourth-order valence-electron chi connectivity index (χ4n) is 4.91. The maximum Gasteiger partial charge on any atom is 0.272 e. The highest BCUT2D eigenvalue weighted by molar-refractivity contribution is 5.94. The number of hydrogen-bond acceptors (Lipinski definition) is 4. The first kappa shape index (κ1) is 20.8. The standard InChI is InChI=1S/C24H33N3O3/c1-29-21-14-9-15-22(30-2)23(21)20-16-19(24(28)25-17-10-5-3-6-11-17)26-27(20)18-12-7-4-8-13-18/h9,14-18H,3-8,10-13H2,1-2H3,(H,25,28). The van der Waals surface area contributed by atoms with Crippen molar-refractivity contribution < 1.29 is 14.3 Å². The van der Waals surface area contributed by atoms with E-state index in [9.17, 15) is 4.79 Å². The molecule has 30 heavy (non-hydrogen) atoms. The number of rotatable bonds is 6. The molecule has 0 bridgehead atoms. The highest BCUT2D eigenvalue weighted by atomic mass is 16.5. The third-order valence-electron chi connectivity index (χ3n) is 6.51. The second-order valence-corrected chi connectivity index (χ2v) is 8.50. The quantitative estimate of drug-likeness (QED) is 0.715. The molecule has 1 amide bonds. The molecule has 6 heteroatoms. The Bertz CT molecular complexity index is 842. The lowest BCUT2D eigenvalue weighted by atomic mass is 9.95. The molecule has 4 rings (SSSR count). The van der Waals surface area contributed by atoms with Crippen molar-refractivity contribution in [2.24, 2.45) is 0 Å². The molecule has 0 atom stereocenters. The van der Waals surface area contributed by atoms with Crippen LogP contribution in [0.1, 0.15) is 80.7 Å². The summed E-state index contributed by atoms with van der Waals surface area (Å²) < 4.78 is 13.4. The smallest absolute Gasteiger partial charge is 0.272 e. The van der Waals surface area contributed by atoms with Gasteiger partial charge in [-0.2, -0.15) is 5.10 Å². The van der Waals surface area contributed by atoms with Crippen LogP contribution < -0.4 is 14.8 Å². The van der Waals surface area contributed by atoms with E-state index in [-0.39, 0.29) is 11.9 Å². The molecular formula is C24H33N3O3. The molecule has 162 valence electrons. The van der Waals surface area contributed by atoms with E-state index < -0.39 is 0 Å². The van der Waals surface area contributed by atoms with E-state index in [1.807, 2.05) is 24.3 Å². The van der Waals surface area contributed by atoms with Gasteiger partial charge in [0.05, 0.1) is 31.5 Å². The molecule has 2 aromatic rings. The molecule has 2 fully saturated rings. The van der Waals surface area contributed by atoms with Crippen molar-refractivity contribution in [3.63, 3.8) is 0 Å². The number of ether oxygens (including phenoxy) is 2. The number of benzene rings is 1. The van der Waals surface area contributed by atoms with E-state index in [0.717, 1.165) is 48.4 Å². The van der Waals surface area contributed by atoms with Crippen molar-refractivity contribution in [3.8, 4) is 22.8 Å². The Labute approximate surface area is 178 Å². The van der Waals surface area contributed by atoms with Gasteiger partial charge in [-0.05, 0) is 43.9 Å². The van der Waals surface area contributed by atoms with Gasteiger partial charge < -0.3 is 14.8 Å². The van der Waals surface area contributed by atoms with Crippen LogP contribution in [-0.4, -0.2) is 35.9 Å². The summed E-state index contributed by atoms with van der Waals surface area (Å²) in [5, 5.41) is 8.03. The van der Waals surface area contributed by atoms with Crippen LogP contribution in [-0.2, 0) is 0 Å². The average molecular weight is 412 g/mol. The summed E-state index contributed by atoms with van der Waals surface area (Å²) in [6.07, 6.45) is 11.6. The van der Waals surface area contributed by atoms with E-state index >= 15 is 0 Å². The highest BCUT2D eigenvalue weighted by Crippen LogP contribution is 2.41. The minimum absolute atomic E-state index is 0.0772. The molecule has 2 saturated carbocycles. The van der Waals surface area contributed by atoms with Crippen molar-refractivity contribution >= 4 is 5.91 Å². The van der Waals surface area contributed by atoms with Gasteiger partial charge in [-0.1, -0.05) is 44.6 Å². The first-order valence-corrected chi connectivity index (χ1v) is 11.3. The molecule has 6 nitrogen and oxygen atoms in total. The second-order valence-electron chi connectivity index (χ2n) is 8.50. The van der Waals surface area contributed by atoms with Crippen LogP contribution in [0.25, 0.3) is 11.3 Å². The molecule has 2 aliphatic rings. The van der Waals surface area contributed by atoms with Gasteiger partial charge in [-0.3, -0.25) is 9.48 Å². The van der Waals surface area contributed by atoms with Crippen LogP contribution >= 0.6 is 0 Å². The summed E-state index contributed by atoms with van der Waals surface area (Å²) in [6, 6.07) is 8.23. The number of aromatic nitrogens is 2. The van der Waals surface area contributed by atoms with Crippen LogP contribution in [0.5, 0.6) is 11.5 Å². The SMILES string of the molecule is COc1cccc(OC)c1-c1cc(C(=O)NC2CCCCC2)nn1C1CCCCC1. The van der Waals surface area contributed by atoms with Gasteiger partial charge in [0.1, 0.15) is 11.5 Å². The minimum Gasteiger partial charge on any atom is -0.496 e. The summed E-state index contributed by atoms with van der Waals surface area (Å²) in [5.41, 5.74) is 2.23. The number of methoxy groups -OCH3 is 2. The topological polar surface area (TPSA) is 65.4 Å². The lowest BCUT2D eigenvalue weighted by Gasteiger charge is -2.25. The zero-order valence-corrected chi connectivity index (χ0v) is 18.2. The van der Waals surface area contributed by atoms with Gasteiger partial charge in [0, 0.05) is 6.04 Å². The van der Waals surface area contributed by atoms with Gasteiger partial charge in [0.15, 0.2) is 5.69 Å². The molecule has 1 N–H and O–H groups in total. The van der Waals surface area contributed by atoms with Gasteiger partial charge in [0.25, 0.3) is 5.91 Å². The predicted octanol–water partition coefficient (Wildman–Crippen LogP) is 5.14. The Hall–Kier alpha value is -2.50. The predicted molar refractivity (Wildman–Crippen MR) is 117 cm³/mol. The van der Waals surface area contributed by atoms with Crippen LogP contribution in [0.15, 0.2) is 24.3 Å². The molecule has 1 aromatic heterocycles. The second kappa shape index (κ2) is 9.54. The summed E-state index contributed by atoms with van der Waals surface area (Å²) >= 11 is 0. The summed E-state index contributed by atoms with van der Waals surface area (Å²) in [4.78, 5) is 13.1. The Morgan fingerprint density at radius 1 is 0.967 bits per heavy atom. The Morgan fingerprint density at radius 3 is 2.17 bits per heavy atom. The minimum atomic E-state index is -0.0772. The van der Waals surface area contributed by atoms with Crippen molar-refractivity contribution in [1.82, 2.24) is 15.1 Å². The van der Waals surface area contributed by atoms with Crippen LogP contribution in [0, 0.1) is 0 Å². The van der Waals surface area contributed by atoms with Crippen molar-refractivity contribution in [1.29, 1.82) is 0 Å². The van der Waals surface area contributed by atoms with Crippen LogP contribution in [0.3, 0.4) is 0 Å². The Balaban J connectivity index is 1.72. The number of carbonyl (C=O) groups excluding carboxylic acids is 1. The first-order valence-electron chi connectivity index (χ1n) is 11.3. The normalized spacial score (nSPS) is 18.2. The Morgan fingerprint density at radius 2 is 1.57 bits per heavy atom. The van der Waals surface area contributed by atoms with Gasteiger partial charge in [0.2, 0.25) is 0 Å². The molecule has 2 aliphatic carbocycles. The number of hydrogen-bond donors (Lipinski definition) is 1. The molecule has 0 spiro atoms. The molecule has 1 heterocycles. The van der Waals surface area contributed by atoms with Gasteiger partial charge >= 0.3 is 0 Å². The molecule has 0 unspecified atom stereocenters. The molecular weight excluding hydrogens is 378 g/mol. The molecule has 0 saturated heterocycles. The van der Waals surface area contributed by atoms with Crippen LogP contribution in [0.4, 0.5) is 0 Å². The highest BCUT2D eigenvalue weighted by Gasteiger charge is 2.27. The van der Waals surface area contributed by atoms with E-state index in [0.29, 0.717) is 11.7 Å². The van der Waals surface area contributed by atoms with E-state index in [2.05, 4.69) is 10.00 Å². The monoisotopic (exact) mass is 411 g/mol. The van der Waals surface area contributed by atoms with Crippen molar-refractivity contribution in [3.05, 3.63) is 30.0 Å². The lowest BCUT2D eigenvalue weighted by molar-refractivity contribution is 0.0921. The molecule has 0 aliphatic heterocycles. The summed E-state index contributed by atoms with van der Waals surface area (Å²) in [5.74, 6) is 1.38. The largest absolute Gasteiger partial charge is 0.496 e. The number of carbonyl (C=O) groups is 1. The maximum absolute atomic E-state index is 13.1. The summed E-state index contributed by atoms with van der Waals surface area (Å²) in [6.45, 7) is 0. The Kier molecular flexibility index (Phi) is 6.60. The number of nitrogens with one attached hydrogen (secondary N) is 1. The van der Waals surface area contributed by atoms with Crippen molar-refractivity contribution in [2.75, 3.05) is 14.2 Å². The van der Waals surface area contributed by atoms with Crippen molar-refractivity contribution in [2.45, 2.75) is 76.3 Å². The molecule has 1 aromatic carbocycles. The zero-order chi connectivity index (χ0) is 20.9. The fourth-order valence-corrected chi connectivity index (χ4v) is 4.91. The third kappa shape index (κ3) is 4.32. The first-order chi connectivity index (χ1) is 14.7. The van der Waals surface area contributed by atoms with Gasteiger partial charge in [-0.25, -0.2) is 0 Å². The van der Waals surface area contributed by atoms with E-state index in [1.165, 1.54) is 38.5 Å². The molecule has 0 radical (unpaired) electrons. The summed E-state index contributed by atoms with van der Waals surface area (Å²) in [7, 11) is 3.33. The average Bonchev–Trinajstić information content (AvgIpc) is 3.25. The van der Waals surface area contributed by atoms with E-state index in [1.54, 1.807) is 14.2 Å². The van der Waals surface area contributed by atoms with E-state index in [4.69, 9.17) is 14.6 Å².